The van der Waals surface area contributed by atoms with Crippen LogP contribution in [0.3, 0.4) is 0 Å². The Morgan fingerprint density at radius 3 is 2.46 bits per heavy atom. The summed E-state index contributed by atoms with van der Waals surface area (Å²) in [7, 11) is 1.35. The van der Waals surface area contributed by atoms with Gasteiger partial charge in [0, 0.05) is 6.42 Å². The maximum absolute atomic E-state index is 11.2. The van der Waals surface area contributed by atoms with Gasteiger partial charge in [-0.2, -0.15) is 0 Å². The third-order valence-electron chi connectivity index (χ3n) is 2.37. The zero-order valence-electron chi connectivity index (χ0n) is 8.01. The molecule has 1 rings (SSSR count). The lowest BCUT2D eigenvalue weighted by Gasteiger charge is -2.12. The molecule has 1 aliphatic rings. The van der Waals surface area contributed by atoms with E-state index in [4.69, 9.17) is 0 Å². The normalized spacial score (nSPS) is 19.2. The number of ether oxygens (including phenoxy) is 1. The van der Waals surface area contributed by atoms with E-state index in [1.54, 1.807) is 0 Å². The fourth-order valence-corrected chi connectivity index (χ4v) is 1.59. The predicted octanol–water partition coefficient (Wildman–Crippen LogP) is 2.33. The smallest absolute Gasteiger partial charge is 0.337 e. The maximum Gasteiger partial charge on any atom is 0.337 e. The van der Waals surface area contributed by atoms with Crippen molar-refractivity contribution in [2.45, 2.75) is 38.5 Å². The van der Waals surface area contributed by atoms with Gasteiger partial charge in [-0.25, -0.2) is 4.79 Å². The second-order valence-corrected chi connectivity index (χ2v) is 3.33. The highest BCUT2D eigenvalue weighted by atomic mass is 16.5. The number of rotatable bonds is 1. The maximum atomic E-state index is 11.2. The van der Waals surface area contributed by atoms with Crippen LogP contribution in [0.25, 0.3) is 0 Å². The number of allylic oxidation sites excluding steroid dienone is 1. The van der Waals surface area contributed by atoms with Gasteiger partial charge in [-0.05, 0) is 19.3 Å². The Morgan fingerprint density at radius 2 is 1.85 bits per heavy atom. The average Bonchev–Trinajstić information content (AvgIpc) is 2.11. The molecule has 3 nitrogen and oxygen atoms in total. The lowest BCUT2D eigenvalue weighted by Crippen LogP contribution is -2.09. The molecule has 1 N–H and O–H groups in total. The van der Waals surface area contributed by atoms with E-state index in [-0.39, 0.29) is 11.7 Å². The van der Waals surface area contributed by atoms with Crippen molar-refractivity contribution in [3.8, 4) is 0 Å². The van der Waals surface area contributed by atoms with Crippen molar-refractivity contribution in [2.75, 3.05) is 7.11 Å². The number of hydrogen-bond donors (Lipinski definition) is 1. The first-order valence-corrected chi connectivity index (χ1v) is 4.75. The van der Waals surface area contributed by atoms with E-state index in [0.717, 1.165) is 25.7 Å². The summed E-state index contributed by atoms with van der Waals surface area (Å²) in [6.07, 6.45) is 5.47. The Kier molecular flexibility index (Phi) is 3.80. The zero-order valence-corrected chi connectivity index (χ0v) is 8.01. The van der Waals surface area contributed by atoms with Gasteiger partial charge < -0.3 is 9.84 Å². The van der Waals surface area contributed by atoms with Gasteiger partial charge in [0.05, 0.1) is 12.7 Å². The molecule has 0 aromatic carbocycles. The van der Waals surface area contributed by atoms with Crippen molar-refractivity contribution in [1.29, 1.82) is 0 Å². The summed E-state index contributed by atoms with van der Waals surface area (Å²) >= 11 is 0. The van der Waals surface area contributed by atoms with Crippen LogP contribution in [0, 0.1) is 0 Å². The number of aliphatic hydroxyl groups excluding tert-OH is 1. The summed E-state index contributed by atoms with van der Waals surface area (Å²) in [5, 5.41) is 9.55. The number of carbonyl (C=O) groups is 1. The molecule has 0 atom stereocenters. The number of methoxy groups -OCH3 is 1. The lowest BCUT2D eigenvalue weighted by atomic mass is 9.99. The molecule has 0 fully saturated rings. The van der Waals surface area contributed by atoms with Gasteiger partial charge >= 0.3 is 5.97 Å². The van der Waals surface area contributed by atoms with Gasteiger partial charge in [0.1, 0.15) is 5.76 Å². The fraction of sp³-hybridized carbons (Fsp3) is 0.700. The van der Waals surface area contributed by atoms with Crippen LogP contribution in [0.5, 0.6) is 0 Å². The molecule has 0 aromatic rings. The molecule has 1 aliphatic carbocycles. The Morgan fingerprint density at radius 1 is 1.23 bits per heavy atom. The van der Waals surface area contributed by atoms with Gasteiger partial charge in [0.2, 0.25) is 0 Å². The summed E-state index contributed by atoms with van der Waals surface area (Å²) in [6, 6.07) is 0. The molecule has 0 aromatic heterocycles. The summed E-state index contributed by atoms with van der Waals surface area (Å²) < 4.78 is 4.60. The highest BCUT2D eigenvalue weighted by Crippen LogP contribution is 2.22. The van der Waals surface area contributed by atoms with E-state index in [1.807, 2.05) is 0 Å². The second-order valence-electron chi connectivity index (χ2n) is 3.33. The van der Waals surface area contributed by atoms with Crippen molar-refractivity contribution in [2.24, 2.45) is 0 Å². The minimum absolute atomic E-state index is 0.228. The average molecular weight is 184 g/mol. The highest BCUT2D eigenvalue weighted by molar-refractivity contribution is 5.88. The Bertz CT molecular complexity index is 218. The van der Waals surface area contributed by atoms with E-state index in [9.17, 15) is 9.90 Å². The van der Waals surface area contributed by atoms with Crippen LogP contribution in [0.2, 0.25) is 0 Å². The molecule has 74 valence electrons. The standard InChI is InChI=1S/C10H16O3/c1-13-10(12)8-6-4-2-3-5-7-9(8)11/h11H,2-7H2,1H3. The molecule has 0 heterocycles. The molecule has 3 heteroatoms. The molecule has 0 unspecified atom stereocenters. The van der Waals surface area contributed by atoms with Crippen molar-refractivity contribution in [1.82, 2.24) is 0 Å². The first-order chi connectivity index (χ1) is 6.25. The summed E-state index contributed by atoms with van der Waals surface area (Å²) in [6.45, 7) is 0. The molecule has 13 heavy (non-hydrogen) atoms. The van der Waals surface area contributed by atoms with Gasteiger partial charge in [0.25, 0.3) is 0 Å². The lowest BCUT2D eigenvalue weighted by molar-refractivity contribution is -0.136. The summed E-state index contributed by atoms with van der Waals surface area (Å²) in [4.78, 5) is 11.2. The number of esters is 1. The number of carbonyl (C=O) groups excluding carboxylic acids is 1. The van der Waals surface area contributed by atoms with E-state index in [2.05, 4.69) is 4.74 Å². The second kappa shape index (κ2) is 4.90. The zero-order chi connectivity index (χ0) is 9.68. The third kappa shape index (κ3) is 2.76. The van der Waals surface area contributed by atoms with Crippen molar-refractivity contribution >= 4 is 5.97 Å². The quantitative estimate of drug-likeness (QED) is 0.636. The van der Waals surface area contributed by atoms with E-state index in [1.165, 1.54) is 7.11 Å². The topological polar surface area (TPSA) is 46.5 Å². The minimum Gasteiger partial charge on any atom is -0.512 e. The SMILES string of the molecule is COC(=O)C1=C(O)CCCCCC1. The summed E-state index contributed by atoms with van der Waals surface area (Å²) in [5.41, 5.74) is 0.474. The number of aliphatic hydroxyl groups is 1. The van der Waals surface area contributed by atoms with E-state index >= 15 is 0 Å². The predicted molar refractivity (Wildman–Crippen MR) is 49.4 cm³/mol. The largest absolute Gasteiger partial charge is 0.512 e. The van der Waals surface area contributed by atoms with Gasteiger partial charge in [-0.3, -0.25) is 0 Å². The van der Waals surface area contributed by atoms with Crippen LogP contribution in [0.1, 0.15) is 38.5 Å². The monoisotopic (exact) mass is 184 g/mol. The van der Waals surface area contributed by atoms with Crippen LogP contribution in [-0.2, 0) is 9.53 Å². The Hall–Kier alpha value is -0.990. The minimum atomic E-state index is -0.376. The first kappa shape index (κ1) is 10.1. The first-order valence-electron chi connectivity index (χ1n) is 4.75. The molecule has 0 saturated heterocycles. The highest BCUT2D eigenvalue weighted by Gasteiger charge is 2.16. The molecule has 0 saturated carbocycles. The molecule has 0 bridgehead atoms. The molecule has 0 radical (unpaired) electrons. The van der Waals surface area contributed by atoms with Gasteiger partial charge in [-0.15, -0.1) is 0 Å². The Labute approximate surface area is 78.4 Å². The van der Waals surface area contributed by atoms with E-state index < -0.39 is 0 Å². The van der Waals surface area contributed by atoms with Crippen LogP contribution in [0.4, 0.5) is 0 Å². The van der Waals surface area contributed by atoms with E-state index in [0.29, 0.717) is 18.4 Å². The van der Waals surface area contributed by atoms with Gasteiger partial charge in [0.15, 0.2) is 0 Å². The third-order valence-corrected chi connectivity index (χ3v) is 2.37. The van der Waals surface area contributed by atoms with Crippen molar-refractivity contribution in [3.05, 3.63) is 11.3 Å². The molecular formula is C10H16O3. The van der Waals surface area contributed by atoms with Crippen LogP contribution in [-0.4, -0.2) is 18.2 Å². The Balaban J connectivity index is 2.73. The van der Waals surface area contributed by atoms with Crippen molar-refractivity contribution in [3.63, 3.8) is 0 Å². The molecular weight excluding hydrogens is 168 g/mol. The fourth-order valence-electron chi connectivity index (χ4n) is 1.59. The molecule has 0 amide bonds. The van der Waals surface area contributed by atoms with Crippen LogP contribution >= 0.6 is 0 Å². The van der Waals surface area contributed by atoms with Crippen LogP contribution < -0.4 is 0 Å². The number of hydrogen-bond acceptors (Lipinski definition) is 3. The van der Waals surface area contributed by atoms with Gasteiger partial charge in [-0.1, -0.05) is 12.8 Å². The molecule has 0 aliphatic heterocycles. The summed E-state index contributed by atoms with van der Waals surface area (Å²) in [5.74, 6) is -0.147. The molecule has 0 spiro atoms. The van der Waals surface area contributed by atoms with Crippen molar-refractivity contribution < 1.29 is 14.6 Å². The van der Waals surface area contributed by atoms with Crippen LogP contribution in [0.15, 0.2) is 11.3 Å².